The molecule has 1 fully saturated rings. The summed E-state index contributed by atoms with van der Waals surface area (Å²) < 4.78 is 4.52. The van der Waals surface area contributed by atoms with Crippen molar-refractivity contribution in [2.45, 2.75) is 0 Å². The third-order valence-electron chi connectivity index (χ3n) is 1.30. The molecule has 1 aliphatic rings. The van der Waals surface area contributed by atoms with E-state index in [0.717, 1.165) is 27.0 Å². The molecule has 0 N–H and O–H groups in total. The Bertz CT molecular complexity index is 90.3. The van der Waals surface area contributed by atoms with E-state index in [-0.39, 0.29) is 0 Å². The molecule has 0 aliphatic carbocycles. The standard InChI is InChI=1S/C3H9N3Si3/c1-4-5(2)7-9-8-6(4)3/h1-3H3. The van der Waals surface area contributed by atoms with Crippen LogP contribution in [0.4, 0.5) is 0 Å². The van der Waals surface area contributed by atoms with Gasteiger partial charge in [0.2, 0.25) is 0 Å². The molecule has 1 saturated heterocycles. The third kappa shape index (κ3) is 1.72. The summed E-state index contributed by atoms with van der Waals surface area (Å²) in [4.78, 5) is 0. The van der Waals surface area contributed by atoms with Crippen molar-refractivity contribution in [3.8, 4) is 0 Å². The molecule has 1 aliphatic heterocycles. The molecule has 1 rings (SSSR count). The molecule has 0 bridgehead atoms. The Morgan fingerprint density at radius 3 is 1.67 bits per heavy atom. The molecule has 9 heavy (non-hydrogen) atoms. The van der Waals surface area contributed by atoms with Crippen LogP contribution in [0.2, 0.25) is 0 Å². The van der Waals surface area contributed by atoms with Gasteiger partial charge in [-0.1, -0.05) is 0 Å². The highest BCUT2D eigenvalue weighted by Gasteiger charge is 2.18. The maximum Gasteiger partial charge on any atom is 0.142 e. The topological polar surface area (TPSA) is 9.72 Å². The highest BCUT2D eigenvalue weighted by atomic mass is 29.5. The van der Waals surface area contributed by atoms with Gasteiger partial charge in [0.15, 0.2) is 0 Å². The van der Waals surface area contributed by atoms with Crippen molar-refractivity contribution in [2.24, 2.45) is 0 Å². The monoisotopic (exact) mass is 171 g/mol. The first-order chi connectivity index (χ1) is 4.22. The zero-order chi connectivity index (χ0) is 6.85. The van der Waals surface area contributed by atoms with Crippen LogP contribution in [-0.4, -0.2) is 62.6 Å². The van der Waals surface area contributed by atoms with Gasteiger partial charge in [0, 0.05) is 7.05 Å². The van der Waals surface area contributed by atoms with Gasteiger partial charge in [-0.3, -0.25) is 9.35 Å². The predicted molar refractivity (Wildman–Crippen MR) is 40.6 cm³/mol. The minimum Gasteiger partial charge on any atom is -0.261 e. The summed E-state index contributed by atoms with van der Waals surface area (Å²) in [5.74, 6) is 0. The van der Waals surface area contributed by atoms with Gasteiger partial charge in [-0.15, -0.1) is 0 Å². The van der Waals surface area contributed by atoms with E-state index in [9.17, 15) is 0 Å². The van der Waals surface area contributed by atoms with Gasteiger partial charge in [0.25, 0.3) is 0 Å². The van der Waals surface area contributed by atoms with Crippen LogP contribution < -0.4 is 0 Å². The predicted octanol–water partition coefficient (Wildman–Crippen LogP) is -1.60. The lowest BCUT2D eigenvalue weighted by Crippen LogP contribution is -2.59. The Kier molecular flexibility index (Phi) is 2.61. The van der Waals surface area contributed by atoms with Crippen molar-refractivity contribution in [1.29, 1.82) is 0 Å². The van der Waals surface area contributed by atoms with Crippen LogP contribution in [0.15, 0.2) is 0 Å². The van der Waals surface area contributed by atoms with Crippen molar-refractivity contribution in [1.82, 2.24) is 14.5 Å². The van der Waals surface area contributed by atoms with Crippen LogP contribution in [0.25, 0.3) is 0 Å². The summed E-state index contributed by atoms with van der Waals surface area (Å²) in [5.41, 5.74) is 0. The van der Waals surface area contributed by atoms with E-state index in [4.69, 9.17) is 0 Å². The zero-order valence-corrected chi connectivity index (χ0v) is 8.84. The van der Waals surface area contributed by atoms with Gasteiger partial charge >= 0.3 is 0 Å². The lowest BCUT2D eigenvalue weighted by atomic mass is 11.2. The fraction of sp³-hybridized carbons (Fsp3) is 1.00. The van der Waals surface area contributed by atoms with E-state index in [1.807, 2.05) is 0 Å². The smallest absolute Gasteiger partial charge is 0.142 e. The average Bonchev–Trinajstić information content (AvgIpc) is 1.83. The quantitative estimate of drug-likeness (QED) is 0.407. The Morgan fingerprint density at radius 1 is 0.889 bits per heavy atom. The van der Waals surface area contributed by atoms with Crippen LogP contribution in [0.5, 0.6) is 0 Å². The van der Waals surface area contributed by atoms with E-state index >= 15 is 0 Å². The highest BCUT2D eigenvalue weighted by molar-refractivity contribution is 7.28. The molecule has 0 aromatic carbocycles. The van der Waals surface area contributed by atoms with E-state index in [2.05, 4.69) is 35.6 Å². The molecule has 0 amide bonds. The van der Waals surface area contributed by atoms with E-state index in [0.29, 0.717) is 0 Å². The number of hydrogen-bond acceptors (Lipinski definition) is 3. The first kappa shape index (κ1) is 7.64. The summed E-state index contributed by atoms with van der Waals surface area (Å²) in [6.07, 6.45) is 0. The molecular formula is C3H9N3Si3. The van der Waals surface area contributed by atoms with Gasteiger partial charge in [0.1, 0.15) is 18.4 Å². The first-order valence-corrected chi connectivity index (χ1v) is 7.58. The van der Waals surface area contributed by atoms with Gasteiger partial charge in [-0.05, 0) is 14.1 Å². The van der Waals surface area contributed by atoms with Crippen LogP contribution in [0.3, 0.4) is 0 Å². The Hall–Kier alpha value is 0.531. The molecule has 6 radical (unpaired) electrons. The summed E-state index contributed by atoms with van der Waals surface area (Å²) in [5, 5.41) is 2.17. The highest BCUT2D eigenvalue weighted by Crippen LogP contribution is 1.95. The molecule has 0 atom stereocenters. The van der Waals surface area contributed by atoms with Crippen LogP contribution >= 0.6 is 0 Å². The van der Waals surface area contributed by atoms with Crippen molar-refractivity contribution in [2.75, 3.05) is 21.1 Å². The van der Waals surface area contributed by atoms with Crippen molar-refractivity contribution in [3.05, 3.63) is 0 Å². The summed E-state index contributed by atoms with van der Waals surface area (Å²) >= 11 is 0. The van der Waals surface area contributed by atoms with Crippen molar-refractivity contribution < 1.29 is 0 Å². The molecular weight excluding hydrogens is 162 g/mol. The number of hydrazine groups is 2. The van der Waals surface area contributed by atoms with Crippen molar-refractivity contribution >= 4 is 27.0 Å². The van der Waals surface area contributed by atoms with Gasteiger partial charge < -0.3 is 0 Å². The summed E-state index contributed by atoms with van der Waals surface area (Å²) in [7, 11) is 9.47. The summed E-state index contributed by atoms with van der Waals surface area (Å²) in [6, 6.07) is 0. The molecule has 0 saturated carbocycles. The molecule has 0 aromatic rings. The second-order valence-corrected chi connectivity index (χ2v) is 8.22. The molecule has 3 nitrogen and oxygen atoms in total. The number of rotatable bonds is 0. The minimum absolute atomic E-state index is 0.999. The molecule has 1 heterocycles. The van der Waals surface area contributed by atoms with Crippen LogP contribution in [-0.2, 0) is 0 Å². The largest absolute Gasteiger partial charge is 0.261 e. The van der Waals surface area contributed by atoms with E-state index < -0.39 is 0 Å². The number of nitrogens with zero attached hydrogens (tertiary/aromatic N) is 3. The first-order valence-electron chi connectivity index (χ1n) is 2.69. The summed E-state index contributed by atoms with van der Waals surface area (Å²) in [6.45, 7) is 0. The number of hydrogen-bond donors (Lipinski definition) is 0. The second kappa shape index (κ2) is 3.08. The average molecular weight is 171 g/mol. The molecule has 0 unspecified atom stereocenters. The molecule has 48 valence electrons. The van der Waals surface area contributed by atoms with Gasteiger partial charge in [-0.2, -0.15) is 5.12 Å². The maximum atomic E-state index is 2.26. The normalized spacial score (nSPS) is 27.0. The Morgan fingerprint density at radius 2 is 1.33 bits per heavy atom. The van der Waals surface area contributed by atoms with Gasteiger partial charge in [0.05, 0.1) is 8.55 Å². The van der Waals surface area contributed by atoms with E-state index in [1.54, 1.807) is 0 Å². The van der Waals surface area contributed by atoms with Crippen LogP contribution in [0, 0.1) is 0 Å². The SMILES string of the molecule is CN1[Si][Si][Si]N(C)N1C. The van der Waals surface area contributed by atoms with E-state index in [1.165, 1.54) is 0 Å². The van der Waals surface area contributed by atoms with Crippen LogP contribution in [0.1, 0.15) is 0 Å². The molecule has 0 aromatic heterocycles. The van der Waals surface area contributed by atoms with Gasteiger partial charge in [-0.25, -0.2) is 0 Å². The Balaban J connectivity index is 2.41. The maximum absolute atomic E-state index is 2.26. The minimum atomic E-state index is 0.999. The molecule has 6 heteroatoms. The lowest BCUT2D eigenvalue weighted by Gasteiger charge is -2.39. The Labute approximate surface area is 63.1 Å². The lowest BCUT2D eigenvalue weighted by molar-refractivity contribution is -0.0285. The zero-order valence-electron chi connectivity index (χ0n) is 5.84. The fourth-order valence-electron chi connectivity index (χ4n) is 0.533. The second-order valence-electron chi connectivity index (χ2n) is 1.89. The third-order valence-corrected chi connectivity index (χ3v) is 7.38. The molecule has 0 spiro atoms. The fourth-order valence-corrected chi connectivity index (χ4v) is 6.91. The van der Waals surface area contributed by atoms with Crippen molar-refractivity contribution in [3.63, 3.8) is 0 Å².